The predicted molar refractivity (Wildman–Crippen MR) is 63.9 cm³/mol. The summed E-state index contributed by atoms with van der Waals surface area (Å²) in [6.45, 7) is 0.609. The van der Waals surface area contributed by atoms with Crippen molar-refractivity contribution in [3.8, 4) is 5.75 Å². The molecule has 0 radical (unpaired) electrons. The molecular weight excluding hydrogens is 224 g/mol. The van der Waals surface area contributed by atoms with Crippen molar-refractivity contribution in [2.24, 2.45) is 5.92 Å². The van der Waals surface area contributed by atoms with E-state index >= 15 is 0 Å². The number of carbonyl (C=O) groups is 1. The van der Waals surface area contributed by atoms with E-state index in [1.807, 2.05) is 12.1 Å². The monoisotopic (exact) mass is 238 g/mol. The van der Waals surface area contributed by atoms with Crippen molar-refractivity contribution in [2.75, 3.05) is 6.61 Å². The molecule has 1 unspecified atom stereocenters. The van der Waals surface area contributed by atoms with Gasteiger partial charge < -0.3 is 4.74 Å². The van der Waals surface area contributed by atoms with Gasteiger partial charge in [-0.1, -0.05) is 11.6 Å². The lowest BCUT2D eigenvalue weighted by Crippen LogP contribution is -2.10. The third-order valence-corrected chi connectivity index (χ3v) is 3.23. The van der Waals surface area contributed by atoms with Crippen molar-refractivity contribution in [3.05, 3.63) is 29.3 Å². The smallest absolute Gasteiger partial charge is 0.136 e. The molecule has 0 spiro atoms. The van der Waals surface area contributed by atoms with Gasteiger partial charge in [-0.2, -0.15) is 0 Å². The second kappa shape index (κ2) is 5.35. The number of halogens is 1. The topological polar surface area (TPSA) is 26.3 Å². The summed E-state index contributed by atoms with van der Waals surface area (Å²) in [7, 11) is 0. The van der Waals surface area contributed by atoms with E-state index < -0.39 is 0 Å². The summed E-state index contributed by atoms with van der Waals surface area (Å²) < 4.78 is 5.56. The quantitative estimate of drug-likeness (QED) is 0.803. The molecule has 86 valence electrons. The first-order valence-corrected chi connectivity index (χ1v) is 6.04. The van der Waals surface area contributed by atoms with E-state index in [4.69, 9.17) is 16.3 Å². The standard InChI is InChI=1S/C13H15ClO2/c14-11-4-6-12(7-5-11)16-9-8-10-2-1-3-13(10)15/h4-7,10H,1-3,8-9H2. The van der Waals surface area contributed by atoms with Gasteiger partial charge in [0, 0.05) is 17.4 Å². The number of benzene rings is 1. The second-order valence-electron chi connectivity index (χ2n) is 4.15. The Hall–Kier alpha value is -1.02. The van der Waals surface area contributed by atoms with Gasteiger partial charge in [0.1, 0.15) is 11.5 Å². The van der Waals surface area contributed by atoms with Gasteiger partial charge >= 0.3 is 0 Å². The third kappa shape index (κ3) is 2.99. The molecular formula is C13H15ClO2. The van der Waals surface area contributed by atoms with Gasteiger partial charge in [0.15, 0.2) is 0 Å². The number of carbonyl (C=O) groups excluding carboxylic acids is 1. The van der Waals surface area contributed by atoms with Crippen molar-refractivity contribution in [1.29, 1.82) is 0 Å². The zero-order valence-corrected chi connectivity index (χ0v) is 9.87. The van der Waals surface area contributed by atoms with E-state index in [-0.39, 0.29) is 5.92 Å². The Morgan fingerprint density at radius 3 is 2.69 bits per heavy atom. The normalized spacial score (nSPS) is 20.1. The molecule has 1 aliphatic carbocycles. The number of ketones is 1. The lowest BCUT2D eigenvalue weighted by atomic mass is 10.0. The SMILES string of the molecule is O=C1CCCC1CCOc1ccc(Cl)cc1. The maximum absolute atomic E-state index is 11.4. The van der Waals surface area contributed by atoms with Crippen molar-refractivity contribution < 1.29 is 9.53 Å². The van der Waals surface area contributed by atoms with Crippen molar-refractivity contribution in [2.45, 2.75) is 25.7 Å². The van der Waals surface area contributed by atoms with Crippen LogP contribution in [0.3, 0.4) is 0 Å². The average Bonchev–Trinajstić information content (AvgIpc) is 2.68. The fourth-order valence-corrected chi connectivity index (χ4v) is 2.17. The van der Waals surface area contributed by atoms with E-state index in [0.29, 0.717) is 17.4 Å². The van der Waals surface area contributed by atoms with Crippen LogP contribution in [0.1, 0.15) is 25.7 Å². The summed E-state index contributed by atoms with van der Waals surface area (Å²) in [5.41, 5.74) is 0. The van der Waals surface area contributed by atoms with E-state index in [9.17, 15) is 4.79 Å². The molecule has 0 N–H and O–H groups in total. The molecule has 0 saturated heterocycles. The highest BCUT2D eigenvalue weighted by molar-refractivity contribution is 6.30. The first kappa shape index (κ1) is 11.5. The van der Waals surface area contributed by atoms with Crippen LogP contribution >= 0.6 is 11.6 Å². The molecule has 0 aromatic heterocycles. The summed E-state index contributed by atoms with van der Waals surface area (Å²) in [6, 6.07) is 7.30. The van der Waals surface area contributed by atoms with Gasteiger partial charge in [-0.15, -0.1) is 0 Å². The molecule has 0 amide bonds. The Balaban J connectivity index is 1.75. The fourth-order valence-electron chi connectivity index (χ4n) is 2.04. The third-order valence-electron chi connectivity index (χ3n) is 2.98. The molecule has 1 aromatic carbocycles. The number of rotatable bonds is 4. The van der Waals surface area contributed by atoms with Gasteiger partial charge in [0.25, 0.3) is 0 Å². The van der Waals surface area contributed by atoms with Gasteiger partial charge in [-0.3, -0.25) is 4.79 Å². The Kier molecular flexibility index (Phi) is 3.83. The Morgan fingerprint density at radius 1 is 1.31 bits per heavy atom. The van der Waals surface area contributed by atoms with Gasteiger partial charge in [-0.25, -0.2) is 0 Å². The lowest BCUT2D eigenvalue weighted by molar-refractivity contribution is -0.121. The van der Waals surface area contributed by atoms with E-state index in [0.717, 1.165) is 31.4 Å². The maximum Gasteiger partial charge on any atom is 0.136 e. The van der Waals surface area contributed by atoms with E-state index in [2.05, 4.69) is 0 Å². The van der Waals surface area contributed by atoms with Gasteiger partial charge in [-0.05, 0) is 43.5 Å². The summed E-state index contributed by atoms with van der Waals surface area (Å²) in [6.07, 6.45) is 3.67. The van der Waals surface area contributed by atoms with Crippen LogP contribution in [0.4, 0.5) is 0 Å². The van der Waals surface area contributed by atoms with E-state index in [1.165, 1.54) is 0 Å². The lowest BCUT2D eigenvalue weighted by Gasteiger charge is -2.09. The maximum atomic E-state index is 11.4. The Morgan fingerprint density at radius 2 is 2.06 bits per heavy atom. The van der Waals surface area contributed by atoms with Crippen LogP contribution in [0, 0.1) is 5.92 Å². The van der Waals surface area contributed by atoms with Crippen LogP contribution < -0.4 is 4.74 Å². The molecule has 2 nitrogen and oxygen atoms in total. The van der Waals surface area contributed by atoms with Crippen molar-refractivity contribution >= 4 is 17.4 Å². The minimum Gasteiger partial charge on any atom is -0.494 e. The van der Waals surface area contributed by atoms with Crippen LogP contribution in [-0.2, 0) is 4.79 Å². The zero-order chi connectivity index (χ0) is 11.4. The molecule has 1 saturated carbocycles. The Bertz CT molecular complexity index is 359. The van der Waals surface area contributed by atoms with Crippen molar-refractivity contribution in [1.82, 2.24) is 0 Å². The van der Waals surface area contributed by atoms with Gasteiger partial charge in [0.05, 0.1) is 6.61 Å². The molecule has 2 rings (SSSR count). The molecule has 16 heavy (non-hydrogen) atoms. The number of hydrogen-bond donors (Lipinski definition) is 0. The van der Waals surface area contributed by atoms with Crippen LogP contribution in [0.5, 0.6) is 5.75 Å². The highest BCUT2D eigenvalue weighted by Gasteiger charge is 2.23. The highest BCUT2D eigenvalue weighted by Crippen LogP contribution is 2.24. The predicted octanol–water partition coefficient (Wildman–Crippen LogP) is 3.48. The average molecular weight is 239 g/mol. The molecule has 0 aliphatic heterocycles. The fraction of sp³-hybridized carbons (Fsp3) is 0.462. The Labute approximate surface area is 101 Å². The van der Waals surface area contributed by atoms with Gasteiger partial charge in [0.2, 0.25) is 0 Å². The van der Waals surface area contributed by atoms with Crippen LogP contribution in [0.2, 0.25) is 5.02 Å². The first-order valence-electron chi connectivity index (χ1n) is 5.67. The largest absolute Gasteiger partial charge is 0.494 e. The molecule has 1 aliphatic rings. The van der Waals surface area contributed by atoms with Crippen LogP contribution in [0.25, 0.3) is 0 Å². The first-order chi connectivity index (χ1) is 7.75. The van der Waals surface area contributed by atoms with Crippen molar-refractivity contribution in [3.63, 3.8) is 0 Å². The molecule has 3 heteroatoms. The highest BCUT2D eigenvalue weighted by atomic mass is 35.5. The second-order valence-corrected chi connectivity index (χ2v) is 4.58. The summed E-state index contributed by atoms with van der Waals surface area (Å²) in [5, 5.41) is 0.707. The van der Waals surface area contributed by atoms with E-state index in [1.54, 1.807) is 12.1 Å². The minimum atomic E-state index is 0.229. The molecule has 1 atom stereocenters. The molecule has 0 heterocycles. The summed E-state index contributed by atoms with van der Waals surface area (Å²) in [4.78, 5) is 11.4. The van der Waals surface area contributed by atoms with Crippen LogP contribution in [-0.4, -0.2) is 12.4 Å². The number of hydrogen-bond acceptors (Lipinski definition) is 2. The molecule has 0 bridgehead atoms. The number of ether oxygens (including phenoxy) is 1. The molecule has 1 aromatic rings. The zero-order valence-electron chi connectivity index (χ0n) is 9.12. The molecule has 1 fully saturated rings. The van der Waals surface area contributed by atoms with Crippen LogP contribution in [0.15, 0.2) is 24.3 Å². The summed E-state index contributed by atoms with van der Waals surface area (Å²) in [5.74, 6) is 1.45. The summed E-state index contributed by atoms with van der Waals surface area (Å²) >= 11 is 5.77. The number of Topliss-reactive ketones (excluding diaryl/α,β-unsaturated/α-hetero) is 1. The minimum absolute atomic E-state index is 0.229.